The molecule has 1 saturated heterocycles. The number of hydrogen-bond acceptors (Lipinski definition) is 9. The first-order chi connectivity index (χ1) is 48.0. The van der Waals surface area contributed by atoms with Gasteiger partial charge in [-0.1, -0.05) is 388 Å². The molecule has 11 nitrogen and oxygen atoms in total. The van der Waals surface area contributed by atoms with Crippen molar-refractivity contribution in [1.29, 1.82) is 0 Å². The molecular weight excluding hydrogens is 1210 g/mol. The van der Waals surface area contributed by atoms with E-state index in [0.29, 0.717) is 65.0 Å². The fourth-order valence-electron chi connectivity index (χ4n) is 15.5. The number of rotatable bonds is 80. The Labute approximate surface area is 610 Å². The number of nitrogens with one attached hydrogen (secondary N) is 1. The molecule has 7 atom stereocenters. The van der Waals surface area contributed by atoms with Crippen LogP contribution in [-0.4, -0.2) is 140 Å². The lowest BCUT2D eigenvalue weighted by Gasteiger charge is -2.40. The van der Waals surface area contributed by atoms with E-state index < -0.39 is 42.6 Å². The highest BCUT2D eigenvalue weighted by molar-refractivity contribution is 5.97. The largest absolute Gasteiger partial charge is 0.392 e. The Bertz CT molecular complexity index is 1580. The van der Waals surface area contributed by atoms with Gasteiger partial charge in [-0.2, -0.15) is 0 Å². The number of aliphatic hydroxyl groups excluding tert-OH is 5. The maximum Gasteiger partial charge on any atom is 0.245 e. The van der Waals surface area contributed by atoms with Crippen LogP contribution in [0.3, 0.4) is 0 Å². The summed E-state index contributed by atoms with van der Waals surface area (Å²) in [6, 6.07) is -1.31. The fourth-order valence-corrected chi connectivity index (χ4v) is 15.5. The summed E-state index contributed by atoms with van der Waals surface area (Å²) in [6.07, 6.45) is 75.1. The number of piperazine rings is 1. The van der Waals surface area contributed by atoms with Crippen LogP contribution < -0.4 is 5.32 Å². The van der Waals surface area contributed by atoms with Crippen LogP contribution in [0.2, 0.25) is 0 Å². The molecule has 1 fully saturated rings. The number of aliphatic hydroxyl groups is 5. The molecule has 0 radical (unpaired) electrons. The molecule has 7 unspecified atom stereocenters. The van der Waals surface area contributed by atoms with Crippen LogP contribution >= 0.6 is 0 Å². The highest BCUT2D eigenvalue weighted by atomic mass is 16.3. The predicted octanol–water partition coefficient (Wildman–Crippen LogP) is 22.9. The summed E-state index contributed by atoms with van der Waals surface area (Å²) in [5.74, 6) is -0.220. The molecule has 1 rings (SSSR count). The van der Waals surface area contributed by atoms with E-state index in [0.717, 1.165) is 116 Å². The minimum Gasteiger partial charge on any atom is -0.392 e. The van der Waals surface area contributed by atoms with E-state index in [9.17, 15) is 35.1 Å². The zero-order valence-corrected chi connectivity index (χ0v) is 66.6. The van der Waals surface area contributed by atoms with Crippen LogP contribution in [0, 0.1) is 0 Å². The minimum absolute atomic E-state index is 0.0908. The summed E-state index contributed by atoms with van der Waals surface area (Å²) >= 11 is 0. The van der Waals surface area contributed by atoms with Crippen LogP contribution in [0.25, 0.3) is 0 Å². The number of unbranched alkanes of at least 4 members (excludes halogenated alkanes) is 52. The summed E-state index contributed by atoms with van der Waals surface area (Å²) < 4.78 is 0. The molecule has 1 aliphatic rings. The van der Waals surface area contributed by atoms with Gasteiger partial charge in [0.2, 0.25) is 11.8 Å². The summed E-state index contributed by atoms with van der Waals surface area (Å²) in [4.78, 5) is 35.4. The Balaban J connectivity index is 3.08. The van der Waals surface area contributed by atoms with Gasteiger partial charge in [0.1, 0.15) is 12.1 Å². The van der Waals surface area contributed by atoms with E-state index in [-0.39, 0.29) is 18.4 Å². The van der Waals surface area contributed by atoms with Crippen molar-refractivity contribution in [3.05, 3.63) is 0 Å². The van der Waals surface area contributed by atoms with Gasteiger partial charge in [-0.05, 0) is 83.7 Å². The van der Waals surface area contributed by atoms with Gasteiger partial charge < -0.3 is 35.7 Å². The van der Waals surface area contributed by atoms with Crippen molar-refractivity contribution in [2.75, 3.05) is 45.8 Å². The standard InChI is InChI=1S/C87H174N4O7/c1-6-11-16-21-26-31-36-41-46-51-56-65-79(92)74-89(75-80(93)66-57-52-47-42-37-32-27-22-17-12-7-2)72-63-61-70-84-87(98)91(78-83(96)69-60-55-50-45-40-35-30-25-20-15-10-5)85(86(97)88-84)71-62-64-73-90(76-81(94)67-58-53-48-43-38-33-28-23-18-13-8-3)77-82(95)68-59-54-49-44-39-34-29-24-19-14-9-4/h79-85,92-96H,6-78H2,1-5H3,(H,88,97). The van der Waals surface area contributed by atoms with Crippen molar-refractivity contribution >= 4 is 11.8 Å². The molecule has 0 spiro atoms. The topological polar surface area (TPSA) is 157 Å². The van der Waals surface area contributed by atoms with Crippen molar-refractivity contribution < 1.29 is 35.1 Å². The maximum atomic E-state index is 14.8. The normalized spacial score (nSPS) is 16.1. The molecular formula is C87H174N4O7. The van der Waals surface area contributed by atoms with Crippen molar-refractivity contribution in [2.24, 2.45) is 0 Å². The van der Waals surface area contributed by atoms with Crippen LogP contribution in [0.15, 0.2) is 0 Å². The number of hydrogen-bond donors (Lipinski definition) is 6. The molecule has 98 heavy (non-hydrogen) atoms. The lowest BCUT2D eigenvalue weighted by molar-refractivity contribution is -0.151. The SMILES string of the molecule is CCCCCCCCCCCCCC(O)CN(CCCCC1NC(=O)C(CCCCN(CC(O)CCCCCCCCCCCCC)CC(O)CCCCCCCCCCCCC)N(CC(O)CCCCCCCCCCCCC)C1=O)CC(O)CCCCCCCCCCCCC. The molecule has 0 aromatic heterocycles. The minimum atomic E-state index is -0.702. The molecule has 0 bridgehead atoms. The summed E-state index contributed by atoms with van der Waals surface area (Å²) in [6.45, 7) is 15.1. The molecule has 0 aliphatic carbocycles. The van der Waals surface area contributed by atoms with Gasteiger partial charge in [0.05, 0.1) is 30.5 Å². The Morgan fingerprint density at radius 2 is 0.500 bits per heavy atom. The lowest BCUT2D eigenvalue weighted by Crippen LogP contribution is -2.64. The summed E-state index contributed by atoms with van der Waals surface area (Å²) in [7, 11) is 0. The first kappa shape index (κ1) is 94.7. The van der Waals surface area contributed by atoms with E-state index in [2.05, 4.69) is 49.7 Å². The number of carbonyl (C=O) groups is 2. The third-order valence-electron chi connectivity index (χ3n) is 22.0. The maximum absolute atomic E-state index is 14.8. The Kier molecular flexibility index (Phi) is 70.1. The van der Waals surface area contributed by atoms with Crippen molar-refractivity contribution in [2.45, 2.75) is 501 Å². The van der Waals surface area contributed by atoms with Crippen LogP contribution in [-0.2, 0) is 9.59 Å². The first-order valence-electron chi connectivity index (χ1n) is 44.4. The number of amides is 2. The molecule has 11 heteroatoms. The lowest BCUT2D eigenvalue weighted by atomic mass is 9.97. The number of β-amino-alcohol motifs (C(OH)–C–C–N with tert-alkyl or cyclic N) is 1. The molecule has 1 aliphatic heterocycles. The van der Waals surface area contributed by atoms with E-state index in [4.69, 9.17) is 0 Å². The fraction of sp³-hybridized carbons (Fsp3) is 0.977. The quantitative estimate of drug-likeness (QED) is 0.0326. The van der Waals surface area contributed by atoms with Crippen molar-refractivity contribution in [1.82, 2.24) is 20.0 Å². The molecule has 0 aromatic rings. The second kappa shape index (κ2) is 72.6. The first-order valence-corrected chi connectivity index (χ1v) is 44.4. The van der Waals surface area contributed by atoms with Crippen LogP contribution in [0.5, 0.6) is 0 Å². The zero-order chi connectivity index (χ0) is 71.3. The third-order valence-corrected chi connectivity index (χ3v) is 22.0. The van der Waals surface area contributed by atoms with Crippen molar-refractivity contribution in [3.63, 3.8) is 0 Å². The predicted molar refractivity (Wildman–Crippen MR) is 423 cm³/mol. The van der Waals surface area contributed by atoms with Gasteiger partial charge in [-0.3, -0.25) is 19.4 Å². The smallest absolute Gasteiger partial charge is 0.245 e. The Hall–Kier alpha value is -1.34. The van der Waals surface area contributed by atoms with E-state index in [1.54, 1.807) is 4.90 Å². The Morgan fingerprint density at radius 1 is 0.286 bits per heavy atom. The van der Waals surface area contributed by atoms with E-state index >= 15 is 0 Å². The highest BCUT2D eigenvalue weighted by Gasteiger charge is 2.40. The van der Waals surface area contributed by atoms with Gasteiger partial charge in [0.15, 0.2) is 0 Å². The van der Waals surface area contributed by atoms with Gasteiger partial charge in [-0.25, -0.2) is 0 Å². The van der Waals surface area contributed by atoms with Gasteiger partial charge >= 0.3 is 0 Å². The monoisotopic (exact) mass is 1390 g/mol. The van der Waals surface area contributed by atoms with Gasteiger partial charge in [0.25, 0.3) is 0 Å². The summed E-state index contributed by atoms with van der Waals surface area (Å²) in [5, 5.41) is 60.6. The molecule has 2 amide bonds. The average molecular weight is 1390 g/mol. The number of carbonyl (C=O) groups excluding carboxylic acids is 2. The average Bonchev–Trinajstić information content (AvgIpc) is 0.807. The van der Waals surface area contributed by atoms with E-state index in [1.165, 1.54) is 283 Å². The van der Waals surface area contributed by atoms with Crippen LogP contribution in [0.4, 0.5) is 0 Å². The Morgan fingerprint density at radius 3 is 0.745 bits per heavy atom. The molecule has 0 saturated carbocycles. The third kappa shape index (κ3) is 60.0. The van der Waals surface area contributed by atoms with Crippen molar-refractivity contribution in [3.8, 4) is 0 Å². The summed E-state index contributed by atoms with van der Waals surface area (Å²) in [5.41, 5.74) is 0. The molecule has 584 valence electrons. The van der Waals surface area contributed by atoms with Gasteiger partial charge in [0, 0.05) is 32.7 Å². The molecule has 1 heterocycles. The van der Waals surface area contributed by atoms with Crippen LogP contribution in [0.1, 0.15) is 458 Å². The highest BCUT2D eigenvalue weighted by Crippen LogP contribution is 2.24. The molecule has 0 aromatic carbocycles. The molecule has 6 N–H and O–H groups in total. The van der Waals surface area contributed by atoms with E-state index in [1.807, 2.05) is 0 Å². The van der Waals surface area contributed by atoms with Gasteiger partial charge in [-0.15, -0.1) is 0 Å². The zero-order valence-electron chi connectivity index (χ0n) is 66.6. The second-order valence-electron chi connectivity index (χ2n) is 32.0. The second-order valence-corrected chi connectivity index (χ2v) is 32.0. The number of nitrogens with zero attached hydrogens (tertiary/aromatic N) is 3.